The number of carbonyl (C=O) groups excluding carboxylic acids is 1. The molecule has 3 N–H and O–H groups in total. The molecular weight excluding hydrogens is 399 g/mol. The largest absolute Gasteiger partial charge is 0.482 e. The van der Waals surface area contributed by atoms with Gasteiger partial charge in [-0.3, -0.25) is 4.79 Å². The second-order valence-electron chi connectivity index (χ2n) is 7.69. The van der Waals surface area contributed by atoms with E-state index in [1.807, 2.05) is 36.1 Å². The monoisotopic (exact) mass is 421 g/mol. The van der Waals surface area contributed by atoms with Crippen LogP contribution in [0.25, 0.3) is 0 Å². The van der Waals surface area contributed by atoms with Gasteiger partial charge in [0.15, 0.2) is 12.2 Å². The topological polar surface area (TPSA) is 73.8 Å². The van der Waals surface area contributed by atoms with Crippen molar-refractivity contribution in [2.24, 2.45) is 0 Å². The van der Waals surface area contributed by atoms with E-state index in [2.05, 4.69) is 10.6 Å². The summed E-state index contributed by atoms with van der Waals surface area (Å²) in [5, 5.41) is 15.9. The van der Waals surface area contributed by atoms with Crippen LogP contribution >= 0.6 is 0 Å². The minimum atomic E-state index is -4.61. The number of rotatable bonds is 3. The molecule has 9 heteroatoms. The second-order valence-corrected chi connectivity index (χ2v) is 7.69. The number of amides is 1. The maximum atomic E-state index is 13.0. The molecule has 0 atom stereocenters. The first-order chi connectivity index (χ1) is 14.1. The minimum Gasteiger partial charge on any atom is -0.482 e. The van der Waals surface area contributed by atoms with Gasteiger partial charge in [0.25, 0.3) is 5.91 Å². The molecule has 0 aliphatic carbocycles. The Kier molecular flexibility index (Phi) is 5.01. The summed E-state index contributed by atoms with van der Waals surface area (Å²) in [6.45, 7) is 2.17. The summed E-state index contributed by atoms with van der Waals surface area (Å²) >= 11 is 0. The average molecular weight is 421 g/mol. The van der Waals surface area contributed by atoms with Crippen molar-refractivity contribution in [2.75, 3.05) is 35.2 Å². The van der Waals surface area contributed by atoms with Crippen molar-refractivity contribution >= 4 is 28.7 Å². The Labute approximate surface area is 171 Å². The van der Waals surface area contributed by atoms with Gasteiger partial charge < -0.3 is 25.4 Å². The molecule has 0 saturated carbocycles. The van der Waals surface area contributed by atoms with Crippen LogP contribution in [0.4, 0.5) is 35.9 Å². The van der Waals surface area contributed by atoms with Gasteiger partial charge in [0.05, 0.1) is 5.69 Å². The van der Waals surface area contributed by atoms with Crippen LogP contribution in [0.3, 0.4) is 0 Å². The third kappa shape index (κ3) is 3.89. The lowest BCUT2D eigenvalue weighted by atomic mass is 9.90. The zero-order valence-corrected chi connectivity index (χ0v) is 16.3. The van der Waals surface area contributed by atoms with E-state index in [1.54, 1.807) is 12.1 Å². The molecule has 0 radical (unpaired) electrons. The number of nitrogens with one attached hydrogen (secondary N) is 2. The summed E-state index contributed by atoms with van der Waals surface area (Å²) in [5.41, 5.74) is 1.33. The molecule has 0 aromatic heterocycles. The quantitative estimate of drug-likeness (QED) is 0.700. The molecule has 0 spiro atoms. The van der Waals surface area contributed by atoms with Crippen molar-refractivity contribution < 1.29 is 27.8 Å². The number of aryl methyl sites for hydroxylation is 1. The van der Waals surface area contributed by atoms with Crippen LogP contribution in [0.15, 0.2) is 36.4 Å². The number of nitrogens with zero attached hydrogens (tertiary/aromatic N) is 1. The van der Waals surface area contributed by atoms with Crippen LogP contribution in [0.2, 0.25) is 0 Å². The zero-order valence-electron chi connectivity index (χ0n) is 16.3. The van der Waals surface area contributed by atoms with E-state index in [0.29, 0.717) is 11.4 Å². The third-order valence-corrected chi connectivity index (χ3v) is 5.58. The molecule has 0 bridgehead atoms. The summed E-state index contributed by atoms with van der Waals surface area (Å²) < 4.78 is 44.3. The molecule has 2 aliphatic rings. The lowest BCUT2D eigenvalue weighted by molar-refractivity contribution is -0.266. The standard InChI is InChI=1S/C21H22F3N3O3/c1-13-10-15(27-8-6-20(29,7-9-27)21(22,23)24)3-4-16(13)25-14-2-5-18-17(11-14)26-19(28)12-30-18/h2-5,10-11,25,29H,6-9,12H2,1H3,(H,26,28). The molecule has 4 rings (SSSR count). The number of benzene rings is 2. The van der Waals surface area contributed by atoms with Gasteiger partial charge in [0.2, 0.25) is 0 Å². The van der Waals surface area contributed by atoms with Crippen LogP contribution in [-0.4, -0.2) is 42.5 Å². The van der Waals surface area contributed by atoms with E-state index in [4.69, 9.17) is 4.74 Å². The van der Waals surface area contributed by atoms with Gasteiger partial charge in [-0.2, -0.15) is 13.2 Å². The maximum Gasteiger partial charge on any atom is 0.417 e. The lowest BCUT2D eigenvalue weighted by Gasteiger charge is -2.40. The summed E-state index contributed by atoms with van der Waals surface area (Å²) in [4.78, 5) is 13.3. The molecule has 2 aliphatic heterocycles. The third-order valence-electron chi connectivity index (χ3n) is 5.58. The first-order valence-corrected chi connectivity index (χ1v) is 9.63. The first-order valence-electron chi connectivity index (χ1n) is 9.63. The molecule has 30 heavy (non-hydrogen) atoms. The van der Waals surface area contributed by atoms with Gasteiger partial charge in [-0.05, 0) is 48.9 Å². The van der Waals surface area contributed by atoms with Crippen LogP contribution in [0.1, 0.15) is 18.4 Å². The smallest absolute Gasteiger partial charge is 0.417 e. The van der Waals surface area contributed by atoms with E-state index in [1.165, 1.54) is 0 Å². The second kappa shape index (κ2) is 7.39. The van der Waals surface area contributed by atoms with Crippen molar-refractivity contribution in [1.29, 1.82) is 0 Å². The fourth-order valence-electron chi connectivity index (χ4n) is 3.72. The summed E-state index contributed by atoms with van der Waals surface area (Å²) in [7, 11) is 0. The predicted octanol–water partition coefficient (Wildman–Crippen LogP) is 3.96. The number of aliphatic hydroxyl groups is 1. The van der Waals surface area contributed by atoms with Crippen molar-refractivity contribution in [3.63, 3.8) is 0 Å². The average Bonchev–Trinajstić information content (AvgIpc) is 2.69. The molecule has 1 fully saturated rings. The SMILES string of the molecule is Cc1cc(N2CCC(O)(C(F)(F)F)CC2)ccc1Nc1ccc2c(c1)NC(=O)CO2. The van der Waals surface area contributed by atoms with Gasteiger partial charge in [0.1, 0.15) is 5.75 Å². The van der Waals surface area contributed by atoms with Gasteiger partial charge in [-0.15, -0.1) is 0 Å². The van der Waals surface area contributed by atoms with E-state index in [0.717, 1.165) is 22.6 Å². The Morgan fingerprint density at radius 2 is 1.90 bits per heavy atom. The number of piperidine rings is 1. The number of hydrogen-bond acceptors (Lipinski definition) is 5. The highest BCUT2D eigenvalue weighted by Gasteiger charge is 2.54. The number of fused-ring (bicyclic) bond motifs is 1. The Balaban J connectivity index is 1.46. The van der Waals surface area contributed by atoms with Crippen molar-refractivity contribution in [3.05, 3.63) is 42.0 Å². The molecule has 2 aromatic rings. The van der Waals surface area contributed by atoms with Crippen LogP contribution in [0.5, 0.6) is 5.75 Å². The lowest BCUT2D eigenvalue weighted by Crippen LogP contribution is -2.53. The number of ether oxygens (including phenoxy) is 1. The maximum absolute atomic E-state index is 13.0. The normalized spacial score (nSPS) is 18.3. The van der Waals surface area contributed by atoms with Crippen molar-refractivity contribution in [1.82, 2.24) is 0 Å². The van der Waals surface area contributed by atoms with E-state index < -0.39 is 11.8 Å². The molecular formula is C21H22F3N3O3. The minimum absolute atomic E-state index is 0.00276. The highest BCUT2D eigenvalue weighted by molar-refractivity contribution is 5.96. The van der Waals surface area contributed by atoms with Crippen LogP contribution in [0, 0.1) is 6.92 Å². The number of halogens is 3. The predicted molar refractivity (Wildman–Crippen MR) is 107 cm³/mol. The molecule has 1 saturated heterocycles. The van der Waals surface area contributed by atoms with Crippen molar-refractivity contribution in [2.45, 2.75) is 31.5 Å². The van der Waals surface area contributed by atoms with Crippen LogP contribution in [-0.2, 0) is 4.79 Å². The molecule has 1 amide bonds. The summed E-state index contributed by atoms with van der Waals surface area (Å²) in [6, 6.07) is 11.0. The zero-order chi connectivity index (χ0) is 21.5. The van der Waals surface area contributed by atoms with E-state index in [9.17, 15) is 23.1 Å². The molecule has 0 unspecified atom stereocenters. The van der Waals surface area contributed by atoms with Gasteiger partial charge in [-0.25, -0.2) is 0 Å². The number of hydrogen-bond donors (Lipinski definition) is 3. The summed E-state index contributed by atoms with van der Waals surface area (Å²) in [5.74, 6) is 0.398. The van der Waals surface area contributed by atoms with Gasteiger partial charge in [-0.1, -0.05) is 0 Å². The Hall–Kier alpha value is -2.94. The van der Waals surface area contributed by atoms with E-state index >= 15 is 0 Å². The Morgan fingerprint density at radius 1 is 1.17 bits per heavy atom. The molecule has 2 heterocycles. The van der Waals surface area contributed by atoms with E-state index in [-0.39, 0.29) is 38.4 Å². The van der Waals surface area contributed by atoms with Crippen LogP contribution < -0.4 is 20.3 Å². The molecule has 2 aromatic carbocycles. The Morgan fingerprint density at radius 3 is 2.57 bits per heavy atom. The molecule has 6 nitrogen and oxygen atoms in total. The summed E-state index contributed by atoms with van der Waals surface area (Å²) in [6.07, 6.45) is -5.31. The van der Waals surface area contributed by atoms with Gasteiger partial charge in [0, 0.05) is 43.0 Å². The fraction of sp³-hybridized carbons (Fsp3) is 0.381. The fourth-order valence-corrected chi connectivity index (χ4v) is 3.72. The highest BCUT2D eigenvalue weighted by Crippen LogP contribution is 2.40. The Bertz CT molecular complexity index is 970. The first kappa shape index (κ1) is 20.3. The number of alkyl halides is 3. The number of anilines is 4. The number of carbonyl (C=O) groups is 1. The molecule has 160 valence electrons. The highest BCUT2D eigenvalue weighted by atomic mass is 19.4. The van der Waals surface area contributed by atoms with Crippen molar-refractivity contribution in [3.8, 4) is 5.75 Å². The van der Waals surface area contributed by atoms with Gasteiger partial charge >= 0.3 is 6.18 Å².